The van der Waals surface area contributed by atoms with Gasteiger partial charge in [0.15, 0.2) is 11.5 Å². The van der Waals surface area contributed by atoms with Gasteiger partial charge in [-0.25, -0.2) is 4.39 Å². The third kappa shape index (κ3) is 4.08. The van der Waals surface area contributed by atoms with Gasteiger partial charge in [0.25, 0.3) is 5.91 Å². The third-order valence-electron chi connectivity index (χ3n) is 5.03. The summed E-state index contributed by atoms with van der Waals surface area (Å²) in [6, 6.07) is 10.0. The number of hydrogen-bond acceptors (Lipinski definition) is 4. The Bertz CT molecular complexity index is 869. The molecule has 2 heterocycles. The summed E-state index contributed by atoms with van der Waals surface area (Å²) in [7, 11) is 0. The van der Waals surface area contributed by atoms with Crippen LogP contribution in [0.25, 0.3) is 0 Å². The molecular weight excluding hydrogens is 383 g/mol. The van der Waals surface area contributed by atoms with E-state index in [-0.39, 0.29) is 11.5 Å². The number of piperazine rings is 1. The lowest BCUT2D eigenvalue weighted by atomic mass is 10.1. The quantitative estimate of drug-likeness (QED) is 0.784. The molecule has 0 bridgehead atoms. The zero-order valence-electron chi connectivity index (χ0n) is 15.5. The Balaban J connectivity index is 1.38. The number of hydrogen-bond donors (Lipinski definition) is 0. The van der Waals surface area contributed by atoms with Crippen molar-refractivity contribution in [3.05, 3.63) is 58.4 Å². The molecule has 1 amide bonds. The van der Waals surface area contributed by atoms with Crippen molar-refractivity contribution >= 4 is 17.5 Å². The minimum atomic E-state index is -0.475. The summed E-state index contributed by atoms with van der Waals surface area (Å²) in [4.78, 5) is 16.5. The van der Waals surface area contributed by atoms with Crippen LogP contribution in [0.3, 0.4) is 0 Å². The molecule has 2 aliphatic rings. The average molecular weight is 405 g/mol. The SMILES string of the molecule is O=C(c1ccccc1F)N1CCN(Cc2cc(Cl)c3c(c2)OCCCO3)CC1. The molecule has 2 aromatic carbocycles. The molecule has 148 valence electrons. The zero-order chi connectivity index (χ0) is 19.5. The number of carbonyl (C=O) groups excluding carboxylic acids is 1. The van der Waals surface area contributed by atoms with Crippen molar-refractivity contribution in [2.24, 2.45) is 0 Å². The van der Waals surface area contributed by atoms with E-state index in [0.717, 1.165) is 12.0 Å². The summed E-state index contributed by atoms with van der Waals surface area (Å²) in [6.07, 6.45) is 0.832. The summed E-state index contributed by atoms with van der Waals surface area (Å²) in [5.74, 6) is 0.574. The van der Waals surface area contributed by atoms with Crippen LogP contribution in [0.5, 0.6) is 11.5 Å². The first-order chi connectivity index (χ1) is 13.6. The van der Waals surface area contributed by atoms with Gasteiger partial charge in [-0.1, -0.05) is 23.7 Å². The molecule has 0 N–H and O–H groups in total. The minimum absolute atomic E-state index is 0.130. The molecule has 5 nitrogen and oxygen atoms in total. The smallest absolute Gasteiger partial charge is 0.256 e. The van der Waals surface area contributed by atoms with Gasteiger partial charge in [0.2, 0.25) is 0 Å². The highest BCUT2D eigenvalue weighted by atomic mass is 35.5. The van der Waals surface area contributed by atoms with Gasteiger partial charge in [0.1, 0.15) is 5.82 Å². The highest BCUT2D eigenvalue weighted by molar-refractivity contribution is 6.32. The highest BCUT2D eigenvalue weighted by Gasteiger charge is 2.24. The summed E-state index contributed by atoms with van der Waals surface area (Å²) >= 11 is 6.37. The maximum atomic E-state index is 13.9. The van der Waals surface area contributed by atoms with Crippen LogP contribution in [0, 0.1) is 5.82 Å². The van der Waals surface area contributed by atoms with Crippen LogP contribution < -0.4 is 9.47 Å². The highest BCUT2D eigenvalue weighted by Crippen LogP contribution is 2.38. The normalized spacial score (nSPS) is 17.3. The Hall–Kier alpha value is -2.31. The lowest BCUT2D eigenvalue weighted by Crippen LogP contribution is -2.48. The average Bonchev–Trinajstić information content (AvgIpc) is 2.94. The first-order valence-electron chi connectivity index (χ1n) is 9.46. The van der Waals surface area contributed by atoms with E-state index >= 15 is 0 Å². The Kier molecular flexibility index (Phi) is 5.69. The number of ether oxygens (including phenoxy) is 2. The number of halogens is 2. The molecule has 1 fully saturated rings. The van der Waals surface area contributed by atoms with E-state index < -0.39 is 5.82 Å². The van der Waals surface area contributed by atoms with Gasteiger partial charge in [-0.05, 0) is 29.8 Å². The second kappa shape index (κ2) is 8.37. The van der Waals surface area contributed by atoms with Crippen molar-refractivity contribution in [2.75, 3.05) is 39.4 Å². The summed E-state index contributed by atoms with van der Waals surface area (Å²) in [5, 5.41) is 0.558. The minimum Gasteiger partial charge on any atom is -0.489 e. The van der Waals surface area contributed by atoms with Crippen LogP contribution in [-0.2, 0) is 6.54 Å². The van der Waals surface area contributed by atoms with E-state index in [1.54, 1.807) is 17.0 Å². The fraction of sp³-hybridized carbons (Fsp3) is 0.381. The van der Waals surface area contributed by atoms with E-state index in [9.17, 15) is 9.18 Å². The second-order valence-corrected chi connectivity index (χ2v) is 7.41. The molecule has 0 spiro atoms. The molecule has 0 aromatic heterocycles. The van der Waals surface area contributed by atoms with Crippen molar-refractivity contribution in [3.63, 3.8) is 0 Å². The van der Waals surface area contributed by atoms with Crippen molar-refractivity contribution in [1.82, 2.24) is 9.80 Å². The number of benzene rings is 2. The number of rotatable bonds is 3. The second-order valence-electron chi connectivity index (χ2n) is 7.00. The molecule has 0 unspecified atom stereocenters. The first-order valence-corrected chi connectivity index (χ1v) is 9.84. The lowest BCUT2D eigenvalue weighted by molar-refractivity contribution is 0.0624. The van der Waals surface area contributed by atoms with Gasteiger partial charge >= 0.3 is 0 Å². The predicted octanol–water partition coefficient (Wildman–Crippen LogP) is 3.60. The number of fused-ring (bicyclic) bond motifs is 1. The van der Waals surface area contributed by atoms with E-state index in [0.29, 0.717) is 62.5 Å². The van der Waals surface area contributed by atoms with Gasteiger partial charge in [-0.15, -0.1) is 0 Å². The maximum absolute atomic E-state index is 13.9. The van der Waals surface area contributed by atoms with Crippen molar-refractivity contribution < 1.29 is 18.7 Å². The Morgan fingerprint density at radius 3 is 2.61 bits per heavy atom. The predicted molar refractivity (Wildman–Crippen MR) is 105 cm³/mol. The summed E-state index contributed by atoms with van der Waals surface area (Å²) in [5.41, 5.74) is 1.17. The molecule has 2 aliphatic heterocycles. The summed E-state index contributed by atoms with van der Waals surface area (Å²) < 4.78 is 25.3. The van der Waals surface area contributed by atoms with Crippen molar-refractivity contribution in [3.8, 4) is 11.5 Å². The van der Waals surface area contributed by atoms with Gasteiger partial charge in [-0.3, -0.25) is 9.69 Å². The molecule has 4 rings (SSSR count). The molecule has 7 heteroatoms. The largest absolute Gasteiger partial charge is 0.489 e. The topological polar surface area (TPSA) is 42.0 Å². The molecular formula is C21H22ClFN2O3. The molecule has 0 saturated carbocycles. The van der Waals surface area contributed by atoms with Gasteiger partial charge in [-0.2, -0.15) is 0 Å². The zero-order valence-corrected chi connectivity index (χ0v) is 16.3. The van der Waals surface area contributed by atoms with Crippen LogP contribution >= 0.6 is 11.6 Å². The lowest BCUT2D eigenvalue weighted by Gasteiger charge is -2.35. The van der Waals surface area contributed by atoms with Crippen molar-refractivity contribution in [2.45, 2.75) is 13.0 Å². The van der Waals surface area contributed by atoms with Crippen LogP contribution in [-0.4, -0.2) is 55.1 Å². The molecule has 0 atom stereocenters. The van der Waals surface area contributed by atoms with Crippen molar-refractivity contribution in [1.29, 1.82) is 0 Å². The van der Waals surface area contributed by atoms with E-state index in [1.165, 1.54) is 12.1 Å². The Morgan fingerprint density at radius 2 is 1.82 bits per heavy atom. The standard InChI is InChI=1S/C21H22ClFN2O3/c22-17-12-15(13-19-20(17)28-11-3-10-27-19)14-24-6-8-25(9-7-24)21(26)16-4-1-2-5-18(16)23/h1-2,4-5,12-13H,3,6-11,14H2. The molecule has 28 heavy (non-hydrogen) atoms. The third-order valence-corrected chi connectivity index (χ3v) is 5.31. The first kappa shape index (κ1) is 19.0. The Labute approximate surface area is 168 Å². The van der Waals surface area contributed by atoms with Gasteiger partial charge in [0, 0.05) is 39.1 Å². The fourth-order valence-corrected chi connectivity index (χ4v) is 3.84. The molecule has 2 aromatic rings. The van der Waals surface area contributed by atoms with E-state index in [2.05, 4.69) is 4.90 Å². The van der Waals surface area contributed by atoms with Gasteiger partial charge in [0.05, 0.1) is 23.8 Å². The summed E-state index contributed by atoms with van der Waals surface area (Å²) in [6.45, 7) is 4.47. The number of carbonyl (C=O) groups is 1. The number of amides is 1. The van der Waals surface area contributed by atoms with Crippen LogP contribution in [0.4, 0.5) is 4.39 Å². The Morgan fingerprint density at radius 1 is 1.07 bits per heavy atom. The van der Waals surface area contributed by atoms with E-state index in [4.69, 9.17) is 21.1 Å². The van der Waals surface area contributed by atoms with Crippen LogP contribution in [0.1, 0.15) is 22.3 Å². The van der Waals surface area contributed by atoms with E-state index in [1.807, 2.05) is 12.1 Å². The maximum Gasteiger partial charge on any atom is 0.256 e. The molecule has 0 aliphatic carbocycles. The van der Waals surface area contributed by atoms with Gasteiger partial charge < -0.3 is 14.4 Å². The van der Waals surface area contributed by atoms with Crippen LogP contribution in [0.2, 0.25) is 5.02 Å². The van der Waals surface area contributed by atoms with Crippen LogP contribution in [0.15, 0.2) is 36.4 Å². The molecule has 1 saturated heterocycles. The fourth-order valence-electron chi connectivity index (χ4n) is 3.55. The number of nitrogens with zero attached hydrogens (tertiary/aromatic N) is 2. The molecule has 0 radical (unpaired) electrons. The monoisotopic (exact) mass is 404 g/mol.